The van der Waals surface area contributed by atoms with Crippen LogP contribution in [0.15, 0.2) is 59.7 Å². The molecular formula is C17H17ClN2O2. The van der Waals surface area contributed by atoms with E-state index in [1.54, 1.807) is 31.2 Å². The molecule has 1 atom stereocenters. The Morgan fingerprint density at radius 1 is 1.14 bits per heavy atom. The van der Waals surface area contributed by atoms with Crippen LogP contribution in [-0.4, -0.2) is 17.7 Å². The van der Waals surface area contributed by atoms with Gasteiger partial charge in [-0.1, -0.05) is 41.9 Å². The summed E-state index contributed by atoms with van der Waals surface area (Å²) < 4.78 is 5.53. The standard InChI is InChI=1S/C17H17ClN2O2/c1-12(14-6-4-3-5-7-14)19-20-17(21)13(2)22-16-10-8-15(18)9-11-16/h3-11,13H,1-2H3,(H,20,21)/b19-12+/t13-/m1/s1. The number of hydrogen-bond donors (Lipinski definition) is 1. The Balaban J connectivity index is 1.92. The van der Waals surface area contributed by atoms with Crippen LogP contribution in [0.25, 0.3) is 0 Å². The molecule has 22 heavy (non-hydrogen) atoms. The van der Waals surface area contributed by atoms with Gasteiger partial charge in [-0.25, -0.2) is 5.43 Å². The molecule has 5 heteroatoms. The Bertz CT molecular complexity index is 654. The van der Waals surface area contributed by atoms with E-state index in [1.807, 2.05) is 37.3 Å². The first-order valence-corrected chi connectivity index (χ1v) is 7.26. The van der Waals surface area contributed by atoms with Gasteiger partial charge < -0.3 is 4.74 Å². The molecule has 0 aliphatic rings. The molecule has 0 aliphatic carbocycles. The van der Waals surface area contributed by atoms with E-state index in [4.69, 9.17) is 16.3 Å². The van der Waals surface area contributed by atoms with Crippen molar-refractivity contribution in [3.63, 3.8) is 0 Å². The Kier molecular flexibility index (Phi) is 5.55. The van der Waals surface area contributed by atoms with Crippen LogP contribution < -0.4 is 10.2 Å². The molecule has 1 amide bonds. The number of halogens is 1. The van der Waals surface area contributed by atoms with Gasteiger partial charge in [-0.15, -0.1) is 0 Å². The smallest absolute Gasteiger partial charge is 0.280 e. The number of benzene rings is 2. The Morgan fingerprint density at radius 2 is 1.77 bits per heavy atom. The Morgan fingerprint density at radius 3 is 2.41 bits per heavy atom. The molecule has 2 aromatic carbocycles. The van der Waals surface area contributed by atoms with Crippen LogP contribution >= 0.6 is 11.6 Å². The highest BCUT2D eigenvalue weighted by molar-refractivity contribution is 6.30. The van der Waals surface area contributed by atoms with Gasteiger partial charge in [-0.2, -0.15) is 5.10 Å². The molecule has 114 valence electrons. The predicted molar refractivity (Wildman–Crippen MR) is 88.3 cm³/mol. The third kappa shape index (κ3) is 4.60. The number of rotatable bonds is 5. The number of hydrogen-bond acceptors (Lipinski definition) is 3. The highest BCUT2D eigenvalue weighted by atomic mass is 35.5. The number of nitrogens with one attached hydrogen (secondary N) is 1. The topological polar surface area (TPSA) is 50.7 Å². The predicted octanol–water partition coefficient (Wildman–Crippen LogP) is 3.65. The number of nitrogens with zero attached hydrogens (tertiary/aromatic N) is 1. The molecule has 0 saturated carbocycles. The average Bonchev–Trinajstić information content (AvgIpc) is 2.55. The average molecular weight is 317 g/mol. The largest absolute Gasteiger partial charge is 0.481 e. The van der Waals surface area contributed by atoms with E-state index in [0.717, 1.165) is 11.3 Å². The minimum Gasteiger partial charge on any atom is -0.481 e. The van der Waals surface area contributed by atoms with E-state index in [9.17, 15) is 4.79 Å². The maximum absolute atomic E-state index is 12.0. The van der Waals surface area contributed by atoms with Crippen molar-refractivity contribution in [2.24, 2.45) is 5.10 Å². The van der Waals surface area contributed by atoms with Crippen LogP contribution in [0.3, 0.4) is 0 Å². The highest BCUT2D eigenvalue weighted by Crippen LogP contribution is 2.16. The zero-order valence-electron chi connectivity index (χ0n) is 12.4. The lowest BCUT2D eigenvalue weighted by Gasteiger charge is -2.13. The van der Waals surface area contributed by atoms with Crippen LogP contribution in [0.1, 0.15) is 19.4 Å². The number of ether oxygens (including phenoxy) is 1. The van der Waals surface area contributed by atoms with Crippen molar-refractivity contribution >= 4 is 23.2 Å². The Hall–Kier alpha value is -2.33. The summed E-state index contributed by atoms with van der Waals surface area (Å²) in [7, 11) is 0. The maximum Gasteiger partial charge on any atom is 0.280 e. The summed E-state index contributed by atoms with van der Waals surface area (Å²) in [6.07, 6.45) is -0.659. The third-order valence-corrected chi connectivity index (χ3v) is 3.27. The molecule has 2 aromatic rings. The van der Waals surface area contributed by atoms with Crippen LogP contribution in [-0.2, 0) is 4.79 Å². The van der Waals surface area contributed by atoms with Crippen LogP contribution in [0.2, 0.25) is 5.02 Å². The first-order chi connectivity index (χ1) is 10.6. The van der Waals surface area contributed by atoms with Crippen molar-refractivity contribution < 1.29 is 9.53 Å². The van der Waals surface area contributed by atoms with Gasteiger partial charge in [-0.05, 0) is 43.7 Å². The molecule has 2 rings (SSSR count). The van der Waals surface area contributed by atoms with Gasteiger partial charge in [0.05, 0.1) is 5.71 Å². The van der Waals surface area contributed by atoms with E-state index in [1.165, 1.54) is 0 Å². The number of hydrazone groups is 1. The molecule has 0 heterocycles. The second kappa shape index (κ2) is 7.61. The zero-order chi connectivity index (χ0) is 15.9. The molecule has 1 N–H and O–H groups in total. The van der Waals surface area contributed by atoms with E-state index >= 15 is 0 Å². The van der Waals surface area contributed by atoms with Gasteiger partial charge in [-0.3, -0.25) is 4.79 Å². The summed E-state index contributed by atoms with van der Waals surface area (Å²) in [5.41, 5.74) is 4.19. The van der Waals surface area contributed by atoms with Crippen molar-refractivity contribution in [2.45, 2.75) is 20.0 Å². The first kappa shape index (κ1) is 16.0. The van der Waals surface area contributed by atoms with E-state index < -0.39 is 6.10 Å². The van der Waals surface area contributed by atoms with Crippen molar-refractivity contribution in [3.05, 3.63) is 65.2 Å². The van der Waals surface area contributed by atoms with Gasteiger partial charge in [0.25, 0.3) is 5.91 Å². The quantitative estimate of drug-likeness (QED) is 0.676. The molecule has 0 radical (unpaired) electrons. The number of amides is 1. The second-order valence-electron chi connectivity index (χ2n) is 4.75. The SMILES string of the molecule is C/C(=N\NC(=O)[C@@H](C)Oc1ccc(Cl)cc1)c1ccccc1. The fourth-order valence-corrected chi connectivity index (χ4v) is 1.87. The lowest BCUT2D eigenvalue weighted by atomic mass is 10.1. The summed E-state index contributed by atoms with van der Waals surface area (Å²) in [4.78, 5) is 12.0. The minimum absolute atomic E-state index is 0.315. The van der Waals surface area contributed by atoms with Crippen molar-refractivity contribution in [1.29, 1.82) is 0 Å². The van der Waals surface area contributed by atoms with E-state index in [0.29, 0.717) is 10.8 Å². The lowest BCUT2D eigenvalue weighted by Crippen LogP contribution is -2.33. The maximum atomic E-state index is 12.0. The van der Waals surface area contributed by atoms with Gasteiger partial charge >= 0.3 is 0 Å². The third-order valence-electron chi connectivity index (χ3n) is 3.02. The summed E-state index contributed by atoms with van der Waals surface area (Å²) in [6.45, 7) is 3.50. The van der Waals surface area contributed by atoms with Crippen LogP contribution in [0.5, 0.6) is 5.75 Å². The first-order valence-electron chi connectivity index (χ1n) is 6.88. The van der Waals surface area contributed by atoms with E-state index in [2.05, 4.69) is 10.5 Å². The van der Waals surface area contributed by atoms with Crippen LogP contribution in [0.4, 0.5) is 0 Å². The van der Waals surface area contributed by atoms with Crippen LogP contribution in [0, 0.1) is 0 Å². The van der Waals surface area contributed by atoms with Gasteiger partial charge in [0.1, 0.15) is 5.75 Å². The molecular weight excluding hydrogens is 300 g/mol. The molecule has 0 saturated heterocycles. The normalized spacial score (nSPS) is 12.6. The van der Waals surface area contributed by atoms with Gasteiger partial charge in [0, 0.05) is 5.02 Å². The lowest BCUT2D eigenvalue weighted by molar-refractivity contribution is -0.127. The zero-order valence-corrected chi connectivity index (χ0v) is 13.2. The molecule has 0 aliphatic heterocycles. The van der Waals surface area contributed by atoms with Crippen molar-refractivity contribution in [3.8, 4) is 5.75 Å². The molecule has 0 fully saturated rings. The molecule has 0 spiro atoms. The Labute approximate surface area is 134 Å². The molecule has 4 nitrogen and oxygen atoms in total. The van der Waals surface area contributed by atoms with E-state index in [-0.39, 0.29) is 5.91 Å². The van der Waals surface area contributed by atoms with Crippen molar-refractivity contribution in [1.82, 2.24) is 5.43 Å². The molecule has 0 aromatic heterocycles. The molecule has 0 bridgehead atoms. The van der Waals surface area contributed by atoms with Gasteiger partial charge in [0.15, 0.2) is 6.10 Å². The summed E-state index contributed by atoms with van der Waals surface area (Å²) >= 11 is 5.80. The summed E-state index contributed by atoms with van der Waals surface area (Å²) in [5.74, 6) is 0.265. The fraction of sp³-hybridized carbons (Fsp3) is 0.176. The second-order valence-corrected chi connectivity index (χ2v) is 5.19. The molecule has 0 unspecified atom stereocenters. The number of carbonyl (C=O) groups excluding carboxylic acids is 1. The number of carbonyl (C=O) groups is 1. The van der Waals surface area contributed by atoms with Crippen molar-refractivity contribution in [2.75, 3.05) is 0 Å². The highest BCUT2D eigenvalue weighted by Gasteiger charge is 2.14. The fourth-order valence-electron chi connectivity index (χ4n) is 1.74. The summed E-state index contributed by atoms with van der Waals surface area (Å²) in [6, 6.07) is 16.5. The summed E-state index contributed by atoms with van der Waals surface area (Å²) in [5, 5.41) is 4.71. The monoisotopic (exact) mass is 316 g/mol. The minimum atomic E-state index is -0.659. The van der Waals surface area contributed by atoms with Gasteiger partial charge in [0.2, 0.25) is 0 Å².